The molecular formula is C32H39IN2O6S. The van der Waals surface area contributed by atoms with E-state index in [1.807, 2.05) is 41.6 Å². The average molecular weight is 707 g/mol. The molecule has 3 aromatic rings. The van der Waals surface area contributed by atoms with Crippen LogP contribution in [0.5, 0.6) is 17.2 Å². The van der Waals surface area contributed by atoms with Gasteiger partial charge in [-0.05, 0) is 93.3 Å². The molecule has 0 heterocycles. The summed E-state index contributed by atoms with van der Waals surface area (Å²) in [6, 6.07) is 13.6. The number of methoxy groups -OCH3 is 1. The summed E-state index contributed by atoms with van der Waals surface area (Å²) >= 11 is 1.97. The van der Waals surface area contributed by atoms with Gasteiger partial charge in [-0.15, -0.1) is 0 Å². The molecule has 0 spiro atoms. The number of phenolic OH excluding ortho intramolecular Hbond substituents is 1. The minimum Gasteiger partial charge on any atom is -0.507 e. The molecule has 0 saturated heterocycles. The fourth-order valence-electron chi connectivity index (χ4n) is 4.23. The molecule has 3 aromatic carbocycles. The number of hydrogen-bond acceptors (Lipinski definition) is 7. The zero-order valence-electron chi connectivity index (χ0n) is 25.3. The standard InChI is InChI=1S/C32H39IN2O6S/c1-20-9-12-23(13-10-20)42(38,39)41-30-26(33)17-22(18-27(30)40-8)19-34-35-28(36)14-11-21-15-24(31(2,3)4)29(37)25(16-21)32(5,6)7/h9-10,12-13,15-19,37H,11,14H2,1-8H3,(H,35,36)/b34-19-. The molecule has 0 aliphatic carbocycles. The minimum atomic E-state index is -4.07. The Hall–Kier alpha value is -3.12. The third-order valence-corrected chi connectivity index (χ3v) is 8.62. The summed E-state index contributed by atoms with van der Waals surface area (Å²) in [5, 5.41) is 15.0. The second-order valence-electron chi connectivity index (χ2n) is 12.2. The molecule has 0 unspecified atom stereocenters. The molecule has 0 radical (unpaired) electrons. The lowest BCUT2D eigenvalue weighted by molar-refractivity contribution is -0.121. The Morgan fingerprint density at radius 1 is 1.00 bits per heavy atom. The van der Waals surface area contributed by atoms with Crippen molar-refractivity contribution in [1.29, 1.82) is 0 Å². The number of aryl methyl sites for hydroxylation is 2. The maximum atomic E-state index is 12.8. The topological polar surface area (TPSA) is 114 Å². The minimum absolute atomic E-state index is 0.0378. The summed E-state index contributed by atoms with van der Waals surface area (Å²) in [5.74, 6) is 0.321. The Morgan fingerprint density at radius 2 is 1.57 bits per heavy atom. The lowest BCUT2D eigenvalue weighted by Crippen LogP contribution is -2.20. The first kappa shape index (κ1) is 33.4. The van der Waals surface area contributed by atoms with Crippen LogP contribution in [0.15, 0.2) is 58.5 Å². The molecule has 42 heavy (non-hydrogen) atoms. The molecule has 0 aliphatic heterocycles. The second-order valence-corrected chi connectivity index (χ2v) is 14.9. The SMILES string of the molecule is COc1cc(/C=N\NC(=O)CCc2cc(C(C)(C)C)c(O)c(C(C)(C)C)c2)cc(I)c1OS(=O)(=O)c1ccc(C)cc1. The highest BCUT2D eigenvalue weighted by molar-refractivity contribution is 14.1. The molecule has 226 valence electrons. The van der Waals surface area contributed by atoms with E-state index in [1.54, 1.807) is 24.3 Å². The Labute approximate surface area is 262 Å². The van der Waals surface area contributed by atoms with Crippen molar-refractivity contribution in [3.63, 3.8) is 0 Å². The van der Waals surface area contributed by atoms with Gasteiger partial charge in [-0.3, -0.25) is 4.79 Å². The number of halogens is 1. The number of ether oxygens (including phenoxy) is 1. The molecule has 3 rings (SSSR count). The molecule has 0 aliphatic rings. The van der Waals surface area contributed by atoms with Crippen molar-refractivity contribution in [2.75, 3.05) is 7.11 Å². The number of nitrogens with zero attached hydrogens (tertiary/aromatic N) is 1. The molecule has 0 fully saturated rings. The van der Waals surface area contributed by atoms with Crippen molar-refractivity contribution in [2.45, 2.75) is 77.0 Å². The average Bonchev–Trinajstić information content (AvgIpc) is 2.88. The maximum absolute atomic E-state index is 12.8. The van der Waals surface area contributed by atoms with Crippen LogP contribution in [0, 0.1) is 10.5 Å². The zero-order chi connectivity index (χ0) is 31.5. The van der Waals surface area contributed by atoms with Crippen molar-refractivity contribution in [3.05, 3.63) is 79.9 Å². The fraction of sp³-hybridized carbons (Fsp3) is 0.375. The van der Waals surface area contributed by atoms with Crippen LogP contribution >= 0.6 is 22.6 Å². The fourth-order valence-corrected chi connectivity index (χ4v) is 6.07. The van der Waals surface area contributed by atoms with E-state index < -0.39 is 10.1 Å². The summed E-state index contributed by atoms with van der Waals surface area (Å²) in [4.78, 5) is 12.6. The van der Waals surface area contributed by atoms with Gasteiger partial charge in [0.2, 0.25) is 5.91 Å². The van der Waals surface area contributed by atoms with E-state index >= 15 is 0 Å². The molecule has 0 atom stereocenters. The molecule has 1 amide bonds. The highest BCUT2D eigenvalue weighted by atomic mass is 127. The van der Waals surface area contributed by atoms with Gasteiger partial charge in [0.05, 0.1) is 16.9 Å². The number of carbonyl (C=O) groups is 1. The number of amides is 1. The summed E-state index contributed by atoms with van der Waals surface area (Å²) < 4.78 is 36.9. The highest BCUT2D eigenvalue weighted by Gasteiger charge is 2.27. The smallest absolute Gasteiger partial charge is 0.339 e. The van der Waals surface area contributed by atoms with Crippen molar-refractivity contribution in [3.8, 4) is 17.2 Å². The number of benzene rings is 3. The van der Waals surface area contributed by atoms with E-state index in [9.17, 15) is 18.3 Å². The van der Waals surface area contributed by atoms with Crippen LogP contribution in [0.25, 0.3) is 0 Å². The largest absolute Gasteiger partial charge is 0.507 e. The van der Waals surface area contributed by atoms with Gasteiger partial charge in [-0.25, -0.2) is 5.43 Å². The van der Waals surface area contributed by atoms with E-state index in [4.69, 9.17) is 8.92 Å². The van der Waals surface area contributed by atoms with Gasteiger partial charge in [0.1, 0.15) is 10.6 Å². The van der Waals surface area contributed by atoms with Gasteiger partial charge in [-0.1, -0.05) is 71.4 Å². The molecule has 8 nitrogen and oxygen atoms in total. The van der Waals surface area contributed by atoms with Gasteiger partial charge in [0.15, 0.2) is 11.5 Å². The van der Waals surface area contributed by atoms with Crippen LogP contribution in [0.2, 0.25) is 0 Å². The molecule has 2 N–H and O–H groups in total. The highest BCUT2D eigenvalue weighted by Crippen LogP contribution is 2.40. The normalized spacial score (nSPS) is 12.4. The molecule has 0 aromatic heterocycles. The van der Waals surface area contributed by atoms with Crippen LogP contribution in [-0.2, 0) is 32.2 Å². The van der Waals surface area contributed by atoms with Gasteiger partial charge >= 0.3 is 10.1 Å². The predicted octanol–water partition coefficient (Wildman–Crippen LogP) is 6.76. The van der Waals surface area contributed by atoms with E-state index in [0.29, 0.717) is 21.3 Å². The van der Waals surface area contributed by atoms with E-state index in [-0.39, 0.29) is 39.6 Å². The number of carbonyl (C=O) groups excluding carboxylic acids is 1. The van der Waals surface area contributed by atoms with Gasteiger partial charge in [0.25, 0.3) is 0 Å². The lowest BCUT2D eigenvalue weighted by atomic mass is 9.78. The zero-order valence-corrected chi connectivity index (χ0v) is 28.3. The first-order valence-electron chi connectivity index (χ1n) is 13.5. The molecule has 10 heteroatoms. The monoisotopic (exact) mass is 706 g/mol. The number of phenols is 1. The van der Waals surface area contributed by atoms with Gasteiger partial charge < -0.3 is 14.0 Å². The molecule has 0 saturated carbocycles. The van der Waals surface area contributed by atoms with Crippen molar-refractivity contribution >= 4 is 44.8 Å². The van der Waals surface area contributed by atoms with E-state index in [1.165, 1.54) is 25.5 Å². The summed E-state index contributed by atoms with van der Waals surface area (Å²) in [5.41, 5.74) is 6.23. The Kier molecular flexibility index (Phi) is 10.4. The second kappa shape index (κ2) is 13.0. The van der Waals surface area contributed by atoms with Crippen LogP contribution in [0.4, 0.5) is 0 Å². The van der Waals surface area contributed by atoms with Crippen molar-refractivity contribution in [1.82, 2.24) is 5.43 Å². The number of hydrazone groups is 1. The first-order chi connectivity index (χ1) is 19.4. The predicted molar refractivity (Wildman–Crippen MR) is 174 cm³/mol. The number of hydrogen-bond donors (Lipinski definition) is 2. The van der Waals surface area contributed by atoms with Gasteiger partial charge in [0, 0.05) is 6.42 Å². The Bertz CT molecular complexity index is 1550. The van der Waals surface area contributed by atoms with Crippen LogP contribution in [0.1, 0.15) is 75.8 Å². The van der Waals surface area contributed by atoms with Gasteiger partial charge in [-0.2, -0.15) is 13.5 Å². The summed E-state index contributed by atoms with van der Waals surface area (Å²) in [7, 11) is -2.65. The molecular weight excluding hydrogens is 667 g/mol. The first-order valence-corrected chi connectivity index (χ1v) is 16.0. The quantitative estimate of drug-likeness (QED) is 0.110. The Morgan fingerprint density at radius 3 is 2.10 bits per heavy atom. The van der Waals surface area contributed by atoms with Crippen LogP contribution < -0.4 is 14.3 Å². The maximum Gasteiger partial charge on any atom is 0.339 e. The third kappa shape index (κ3) is 8.47. The van der Waals surface area contributed by atoms with E-state index in [2.05, 4.69) is 52.1 Å². The van der Waals surface area contributed by atoms with Crippen LogP contribution in [0.3, 0.4) is 0 Å². The van der Waals surface area contributed by atoms with Crippen molar-refractivity contribution in [2.24, 2.45) is 5.10 Å². The third-order valence-electron chi connectivity index (χ3n) is 6.58. The summed E-state index contributed by atoms with van der Waals surface area (Å²) in [6.07, 6.45) is 2.15. The number of rotatable bonds is 9. The summed E-state index contributed by atoms with van der Waals surface area (Å²) in [6.45, 7) is 14.2. The van der Waals surface area contributed by atoms with Crippen LogP contribution in [-0.4, -0.2) is 32.8 Å². The number of nitrogens with one attached hydrogen (secondary N) is 1. The van der Waals surface area contributed by atoms with E-state index in [0.717, 1.165) is 22.3 Å². The lowest BCUT2D eigenvalue weighted by Gasteiger charge is -2.28. The molecule has 0 bridgehead atoms. The number of aromatic hydroxyl groups is 1. The Balaban J connectivity index is 1.71. The van der Waals surface area contributed by atoms with Crippen molar-refractivity contribution < 1.29 is 27.2 Å².